The van der Waals surface area contributed by atoms with Crippen molar-refractivity contribution in [2.24, 2.45) is 0 Å². The molecular formula is C26H32ClN5O2. The lowest BCUT2D eigenvalue weighted by Gasteiger charge is -2.19. The average Bonchev–Trinajstić information content (AvgIpc) is 3.16. The molecule has 8 heteroatoms. The van der Waals surface area contributed by atoms with Gasteiger partial charge in [0.25, 0.3) is 5.91 Å². The van der Waals surface area contributed by atoms with Gasteiger partial charge in [-0.2, -0.15) is 5.10 Å². The molecule has 0 bridgehead atoms. The third-order valence-electron chi connectivity index (χ3n) is 5.69. The quantitative estimate of drug-likeness (QED) is 0.402. The number of hydrogen-bond donors (Lipinski definition) is 2. The second kappa shape index (κ2) is 11.2. The topological polar surface area (TPSA) is 79.3 Å². The first-order chi connectivity index (χ1) is 16.2. The number of halogens is 1. The summed E-state index contributed by atoms with van der Waals surface area (Å²) < 4.78 is 1.68. The van der Waals surface area contributed by atoms with Gasteiger partial charge in [-0.3, -0.25) is 14.3 Å². The molecule has 3 rings (SSSR count). The van der Waals surface area contributed by atoms with Gasteiger partial charge in [0.05, 0.1) is 16.4 Å². The highest BCUT2D eigenvalue weighted by Crippen LogP contribution is 2.27. The van der Waals surface area contributed by atoms with Crippen LogP contribution in [0.5, 0.6) is 0 Å². The van der Waals surface area contributed by atoms with Gasteiger partial charge >= 0.3 is 0 Å². The average molecular weight is 482 g/mol. The Bertz CT molecular complexity index is 1160. The van der Waals surface area contributed by atoms with E-state index in [1.165, 1.54) is 0 Å². The smallest absolute Gasteiger partial charge is 0.255 e. The highest BCUT2D eigenvalue weighted by atomic mass is 35.5. The molecule has 2 N–H and O–H groups in total. The fourth-order valence-corrected chi connectivity index (χ4v) is 3.90. The van der Waals surface area contributed by atoms with Gasteiger partial charge in [-0.05, 0) is 75.7 Å². The molecule has 0 saturated carbocycles. The van der Waals surface area contributed by atoms with Gasteiger partial charge in [0.2, 0.25) is 5.91 Å². The minimum atomic E-state index is -0.492. The van der Waals surface area contributed by atoms with Crippen molar-refractivity contribution in [2.75, 3.05) is 29.1 Å². The van der Waals surface area contributed by atoms with Crippen LogP contribution in [0.4, 0.5) is 17.1 Å². The van der Waals surface area contributed by atoms with Crippen molar-refractivity contribution in [3.05, 3.63) is 70.5 Å². The Morgan fingerprint density at radius 3 is 2.38 bits per heavy atom. The second-order valence-electron chi connectivity index (χ2n) is 8.51. The summed E-state index contributed by atoms with van der Waals surface area (Å²) in [5, 5.41) is 10.4. The van der Waals surface area contributed by atoms with Gasteiger partial charge in [-0.1, -0.05) is 24.9 Å². The predicted octanol–water partition coefficient (Wildman–Crippen LogP) is 5.84. The number of nitrogens with one attached hydrogen (secondary N) is 2. The SMILES string of the molecule is CCCCN(C)c1ccc(C(=O)Nc2ccc(NC(=O)C(C)n3nc(C)cc3C)c(Cl)c2)cc1. The first-order valence-electron chi connectivity index (χ1n) is 11.4. The summed E-state index contributed by atoms with van der Waals surface area (Å²) >= 11 is 6.39. The van der Waals surface area contributed by atoms with Crippen molar-refractivity contribution >= 4 is 40.5 Å². The molecule has 3 aromatic rings. The summed E-state index contributed by atoms with van der Waals surface area (Å²) in [6.45, 7) is 8.72. The fraction of sp³-hybridized carbons (Fsp3) is 0.346. The molecule has 34 heavy (non-hydrogen) atoms. The van der Waals surface area contributed by atoms with Crippen molar-refractivity contribution in [3.8, 4) is 0 Å². The fourth-order valence-electron chi connectivity index (χ4n) is 3.68. The molecule has 1 aromatic heterocycles. The molecule has 2 aromatic carbocycles. The molecule has 0 radical (unpaired) electrons. The van der Waals surface area contributed by atoms with Crippen LogP contribution < -0.4 is 15.5 Å². The normalized spacial score (nSPS) is 11.7. The van der Waals surface area contributed by atoms with E-state index in [0.717, 1.165) is 36.5 Å². The summed E-state index contributed by atoms with van der Waals surface area (Å²) in [4.78, 5) is 27.6. The van der Waals surface area contributed by atoms with Gasteiger partial charge in [0.15, 0.2) is 0 Å². The summed E-state index contributed by atoms with van der Waals surface area (Å²) in [5.41, 5.74) is 4.40. The van der Waals surface area contributed by atoms with Crippen LogP contribution in [0.25, 0.3) is 0 Å². The predicted molar refractivity (Wildman–Crippen MR) is 139 cm³/mol. The van der Waals surface area contributed by atoms with Crippen LogP contribution in [0.2, 0.25) is 5.02 Å². The van der Waals surface area contributed by atoms with Gasteiger partial charge in [-0.15, -0.1) is 0 Å². The molecule has 1 unspecified atom stereocenters. The van der Waals surface area contributed by atoms with Crippen LogP contribution >= 0.6 is 11.6 Å². The van der Waals surface area contributed by atoms with Gasteiger partial charge in [0, 0.05) is 36.2 Å². The van der Waals surface area contributed by atoms with E-state index in [0.29, 0.717) is 22.0 Å². The van der Waals surface area contributed by atoms with Crippen LogP contribution in [0.3, 0.4) is 0 Å². The standard InChI is InChI=1S/C26H32ClN5O2/c1-6-7-14-31(5)22-11-8-20(9-12-22)26(34)28-21-10-13-24(23(27)16-21)29-25(33)19(4)32-18(3)15-17(2)30-32/h8-13,15-16,19H,6-7,14H2,1-5H3,(H,28,34)(H,29,33). The zero-order valence-electron chi connectivity index (χ0n) is 20.4. The maximum absolute atomic E-state index is 12.7. The van der Waals surface area contributed by atoms with E-state index in [4.69, 9.17) is 11.6 Å². The van der Waals surface area contributed by atoms with E-state index in [1.54, 1.807) is 29.8 Å². The minimum Gasteiger partial charge on any atom is -0.375 e. The molecule has 0 aliphatic heterocycles. The van der Waals surface area contributed by atoms with E-state index in [-0.39, 0.29) is 11.8 Å². The van der Waals surface area contributed by atoms with Crippen molar-refractivity contribution in [1.82, 2.24) is 9.78 Å². The molecular weight excluding hydrogens is 450 g/mol. The summed E-state index contributed by atoms with van der Waals surface area (Å²) in [7, 11) is 2.05. The molecule has 0 aliphatic carbocycles. The third kappa shape index (κ3) is 6.17. The molecule has 0 spiro atoms. The number of aryl methyl sites for hydroxylation is 2. The number of benzene rings is 2. The van der Waals surface area contributed by atoms with Crippen molar-refractivity contribution in [3.63, 3.8) is 0 Å². The van der Waals surface area contributed by atoms with Crippen LogP contribution in [-0.4, -0.2) is 35.2 Å². The van der Waals surface area contributed by atoms with Crippen LogP contribution in [0, 0.1) is 13.8 Å². The molecule has 7 nitrogen and oxygen atoms in total. The molecule has 0 saturated heterocycles. The number of amides is 2. The Morgan fingerprint density at radius 2 is 1.79 bits per heavy atom. The Hall–Kier alpha value is -3.32. The van der Waals surface area contributed by atoms with E-state index >= 15 is 0 Å². The first-order valence-corrected chi connectivity index (χ1v) is 11.8. The second-order valence-corrected chi connectivity index (χ2v) is 8.91. The van der Waals surface area contributed by atoms with Crippen LogP contribution in [-0.2, 0) is 4.79 Å². The maximum Gasteiger partial charge on any atom is 0.255 e. The Kier molecular flexibility index (Phi) is 8.34. The minimum absolute atomic E-state index is 0.228. The first kappa shape index (κ1) is 25.3. The van der Waals surface area contributed by atoms with E-state index in [2.05, 4.69) is 27.6 Å². The molecule has 2 amide bonds. The van der Waals surface area contributed by atoms with Crippen LogP contribution in [0.15, 0.2) is 48.5 Å². The largest absolute Gasteiger partial charge is 0.375 e. The summed E-state index contributed by atoms with van der Waals surface area (Å²) in [6.07, 6.45) is 2.26. The van der Waals surface area contributed by atoms with Gasteiger partial charge < -0.3 is 15.5 Å². The van der Waals surface area contributed by atoms with Crippen molar-refractivity contribution < 1.29 is 9.59 Å². The molecule has 1 heterocycles. The number of carbonyl (C=O) groups is 2. The number of rotatable bonds is 9. The van der Waals surface area contributed by atoms with Crippen molar-refractivity contribution in [1.29, 1.82) is 0 Å². The zero-order valence-corrected chi connectivity index (χ0v) is 21.1. The van der Waals surface area contributed by atoms with Gasteiger partial charge in [0.1, 0.15) is 6.04 Å². The number of aromatic nitrogens is 2. The Balaban J connectivity index is 1.63. The van der Waals surface area contributed by atoms with Crippen LogP contribution in [0.1, 0.15) is 54.5 Å². The van der Waals surface area contributed by atoms with E-state index in [1.807, 2.05) is 51.2 Å². The third-order valence-corrected chi connectivity index (χ3v) is 6.01. The number of hydrogen-bond acceptors (Lipinski definition) is 4. The number of anilines is 3. The number of unbranched alkanes of at least 4 members (excludes halogenated alkanes) is 1. The highest BCUT2D eigenvalue weighted by molar-refractivity contribution is 6.34. The summed E-state index contributed by atoms with van der Waals surface area (Å²) in [5.74, 6) is -0.456. The Labute approximate surface area is 206 Å². The van der Waals surface area contributed by atoms with Gasteiger partial charge in [-0.25, -0.2) is 0 Å². The highest BCUT2D eigenvalue weighted by Gasteiger charge is 2.19. The van der Waals surface area contributed by atoms with E-state index in [9.17, 15) is 9.59 Å². The Morgan fingerprint density at radius 1 is 1.09 bits per heavy atom. The lowest BCUT2D eigenvalue weighted by molar-refractivity contribution is -0.119. The molecule has 180 valence electrons. The maximum atomic E-state index is 12.7. The number of nitrogens with zero attached hydrogens (tertiary/aromatic N) is 3. The van der Waals surface area contributed by atoms with E-state index < -0.39 is 6.04 Å². The lowest BCUT2D eigenvalue weighted by atomic mass is 10.1. The lowest BCUT2D eigenvalue weighted by Crippen LogP contribution is -2.25. The molecule has 0 fully saturated rings. The zero-order chi connectivity index (χ0) is 24.8. The molecule has 0 aliphatic rings. The monoisotopic (exact) mass is 481 g/mol. The van der Waals surface area contributed by atoms with Crippen molar-refractivity contribution in [2.45, 2.75) is 46.6 Å². The molecule has 1 atom stereocenters. The number of carbonyl (C=O) groups excluding carboxylic acids is 2. The summed E-state index contributed by atoms with van der Waals surface area (Å²) in [6, 6.07) is 13.9.